The number of anilines is 1. The molecule has 0 bridgehead atoms. The van der Waals surface area contributed by atoms with Crippen molar-refractivity contribution in [2.24, 2.45) is 0 Å². The molecule has 0 saturated carbocycles. The largest absolute Gasteiger partial charge is 0.508 e. The van der Waals surface area contributed by atoms with Crippen LogP contribution in [0.4, 0.5) is 10.1 Å². The summed E-state index contributed by atoms with van der Waals surface area (Å²) in [4.78, 5) is 1.98. The van der Waals surface area contributed by atoms with Gasteiger partial charge in [-0.2, -0.15) is 0 Å². The number of aryl methyl sites for hydroxylation is 1. The zero-order chi connectivity index (χ0) is 13.4. The van der Waals surface area contributed by atoms with Gasteiger partial charge in [-0.3, -0.25) is 0 Å². The quantitative estimate of drug-likeness (QED) is 0.887. The highest BCUT2D eigenvalue weighted by Gasteiger charge is 2.27. The molecule has 98 valence electrons. The average molecular weight is 257 g/mol. The fourth-order valence-electron chi connectivity index (χ4n) is 2.89. The highest BCUT2D eigenvalue weighted by molar-refractivity contribution is 5.52. The monoisotopic (exact) mass is 257 g/mol. The third kappa shape index (κ3) is 2.05. The predicted molar refractivity (Wildman–Crippen MR) is 74.0 cm³/mol. The topological polar surface area (TPSA) is 23.5 Å². The Hall–Kier alpha value is -2.03. The van der Waals surface area contributed by atoms with Crippen LogP contribution in [0.1, 0.15) is 23.6 Å². The van der Waals surface area contributed by atoms with Gasteiger partial charge in [-0.15, -0.1) is 0 Å². The molecule has 0 aliphatic heterocycles. The second kappa shape index (κ2) is 4.57. The minimum absolute atomic E-state index is 0.174. The van der Waals surface area contributed by atoms with Crippen molar-refractivity contribution in [1.82, 2.24) is 0 Å². The highest BCUT2D eigenvalue weighted by Crippen LogP contribution is 2.39. The zero-order valence-corrected chi connectivity index (χ0v) is 10.8. The Labute approximate surface area is 112 Å². The lowest BCUT2D eigenvalue weighted by molar-refractivity contribution is 0.474. The molecule has 0 aromatic heterocycles. The Balaban J connectivity index is 1.96. The third-order valence-electron chi connectivity index (χ3n) is 3.87. The summed E-state index contributed by atoms with van der Waals surface area (Å²) in [5.41, 5.74) is 2.96. The van der Waals surface area contributed by atoms with Crippen LogP contribution in [-0.4, -0.2) is 12.2 Å². The van der Waals surface area contributed by atoms with Crippen molar-refractivity contribution in [3.05, 3.63) is 59.4 Å². The van der Waals surface area contributed by atoms with Gasteiger partial charge in [0.2, 0.25) is 0 Å². The summed E-state index contributed by atoms with van der Waals surface area (Å²) in [6, 6.07) is 12.5. The second-order valence-electron chi connectivity index (χ2n) is 5.00. The van der Waals surface area contributed by atoms with Gasteiger partial charge in [0.05, 0.1) is 11.7 Å². The van der Waals surface area contributed by atoms with Crippen LogP contribution in [0.5, 0.6) is 5.75 Å². The van der Waals surface area contributed by atoms with Crippen LogP contribution in [-0.2, 0) is 6.42 Å². The Morgan fingerprint density at radius 1 is 1.21 bits per heavy atom. The smallest absolute Gasteiger partial charge is 0.146 e. The molecule has 0 spiro atoms. The van der Waals surface area contributed by atoms with Crippen LogP contribution < -0.4 is 4.90 Å². The summed E-state index contributed by atoms with van der Waals surface area (Å²) < 4.78 is 13.9. The van der Waals surface area contributed by atoms with Gasteiger partial charge in [-0.1, -0.05) is 18.2 Å². The number of rotatable bonds is 2. The molecule has 1 unspecified atom stereocenters. The normalized spacial score (nSPS) is 17.3. The molecule has 0 saturated heterocycles. The van der Waals surface area contributed by atoms with Crippen LogP contribution >= 0.6 is 0 Å². The Morgan fingerprint density at radius 2 is 2.00 bits per heavy atom. The van der Waals surface area contributed by atoms with Crippen molar-refractivity contribution >= 4 is 5.69 Å². The molecule has 1 aliphatic carbocycles. The van der Waals surface area contributed by atoms with E-state index in [1.54, 1.807) is 18.2 Å². The molecule has 2 aromatic rings. The molecule has 0 heterocycles. The summed E-state index contributed by atoms with van der Waals surface area (Å²) in [7, 11) is 1.92. The van der Waals surface area contributed by atoms with Gasteiger partial charge in [-0.25, -0.2) is 4.39 Å². The highest BCUT2D eigenvalue weighted by atomic mass is 19.1. The molecule has 0 amide bonds. The van der Waals surface area contributed by atoms with Crippen molar-refractivity contribution in [1.29, 1.82) is 0 Å². The van der Waals surface area contributed by atoms with Gasteiger partial charge in [0.1, 0.15) is 11.6 Å². The molecule has 1 aliphatic rings. The van der Waals surface area contributed by atoms with E-state index in [1.165, 1.54) is 11.6 Å². The third-order valence-corrected chi connectivity index (χ3v) is 3.87. The first-order chi connectivity index (χ1) is 9.16. The van der Waals surface area contributed by atoms with E-state index in [-0.39, 0.29) is 11.9 Å². The molecule has 1 atom stereocenters. The number of phenolic OH excluding ortho intramolecular Hbond substituents is 1. The number of phenols is 1. The molecule has 2 aromatic carbocycles. The van der Waals surface area contributed by atoms with Crippen LogP contribution in [0.25, 0.3) is 0 Å². The average Bonchev–Trinajstić information content (AvgIpc) is 2.81. The van der Waals surface area contributed by atoms with Crippen molar-refractivity contribution < 1.29 is 9.50 Å². The zero-order valence-electron chi connectivity index (χ0n) is 10.8. The lowest BCUT2D eigenvalue weighted by Gasteiger charge is -2.28. The number of hydrogen-bond donors (Lipinski definition) is 1. The van der Waals surface area contributed by atoms with Gasteiger partial charge in [0, 0.05) is 7.05 Å². The van der Waals surface area contributed by atoms with Crippen LogP contribution in [0.3, 0.4) is 0 Å². The number of fused-ring (bicyclic) bond motifs is 1. The molecular weight excluding hydrogens is 241 g/mol. The summed E-state index contributed by atoms with van der Waals surface area (Å²) in [6.45, 7) is 0. The Kier molecular flexibility index (Phi) is 2.90. The van der Waals surface area contributed by atoms with Crippen molar-refractivity contribution in [2.75, 3.05) is 11.9 Å². The fourth-order valence-corrected chi connectivity index (χ4v) is 2.89. The van der Waals surface area contributed by atoms with Crippen LogP contribution in [0.2, 0.25) is 0 Å². The first-order valence-corrected chi connectivity index (χ1v) is 6.46. The van der Waals surface area contributed by atoms with E-state index in [0.29, 0.717) is 11.4 Å². The van der Waals surface area contributed by atoms with Gasteiger partial charge in [0.25, 0.3) is 0 Å². The van der Waals surface area contributed by atoms with Crippen molar-refractivity contribution in [2.45, 2.75) is 18.9 Å². The molecule has 19 heavy (non-hydrogen) atoms. The number of hydrogen-bond acceptors (Lipinski definition) is 2. The van der Waals surface area contributed by atoms with Crippen LogP contribution in [0.15, 0.2) is 42.5 Å². The van der Waals surface area contributed by atoms with E-state index in [9.17, 15) is 9.50 Å². The van der Waals surface area contributed by atoms with E-state index >= 15 is 0 Å². The lowest BCUT2D eigenvalue weighted by Crippen LogP contribution is -2.23. The summed E-state index contributed by atoms with van der Waals surface area (Å²) in [6.07, 6.45) is 1.87. The van der Waals surface area contributed by atoms with E-state index in [1.807, 2.05) is 30.1 Å². The molecule has 0 radical (unpaired) electrons. The Bertz CT molecular complexity index is 611. The van der Waals surface area contributed by atoms with Crippen LogP contribution in [0, 0.1) is 5.82 Å². The van der Waals surface area contributed by atoms with E-state index in [4.69, 9.17) is 0 Å². The minimum Gasteiger partial charge on any atom is -0.508 e. The van der Waals surface area contributed by atoms with E-state index in [2.05, 4.69) is 0 Å². The molecule has 1 N–H and O–H groups in total. The number of aromatic hydroxyl groups is 1. The summed E-state index contributed by atoms with van der Waals surface area (Å²) in [5, 5.41) is 9.51. The second-order valence-corrected chi connectivity index (χ2v) is 5.00. The summed E-state index contributed by atoms with van der Waals surface area (Å²) in [5.74, 6) is 0.102. The van der Waals surface area contributed by atoms with E-state index < -0.39 is 0 Å². The first kappa shape index (κ1) is 12.0. The molecular formula is C16H16FNO. The minimum atomic E-state index is -0.197. The summed E-state index contributed by atoms with van der Waals surface area (Å²) >= 11 is 0. The van der Waals surface area contributed by atoms with Gasteiger partial charge >= 0.3 is 0 Å². The molecule has 3 heteroatoms. The van der Waals surface area contributed by atoms with E-state index in [0.717, 1.165) is 18.4 Å². The van der Waals surface area contributed by atoms with Gasteiger partial charge < -0.3 is 10.0 Å². The maximum absolute atomic E-state index is 13.9. The van der Waals surface area contributed by atoms with Crippen molar-refractivity contribution in [3.8, 4) is 5.75 Å². The standard InChI is InChI=1S/C16H16FNO/c1-18(16-5-3-2-4-14(16)17)15-9-6-11-10-12(19)7-8-13(11)15/h2-5,7-8,10,15,19H,6,9H2,1H3. The number of para-hydroxylation sites is 1. The number of benzene rings is 2. The molecule has 3 rings (SSSR count). The van der Waals surface area contributed by atoms with Gasteiger partial charge in [0.15, 0.2) is 0 Å². The first-order valence-electron chi connectivity index (χ1n) is 6.46. The molecule has 2 nitrogen and oxygen atoms in total. The number of halogens is 1. The maximum atomic E-state index is 13.9. The molecule has 0 fully saturated rings. The fraction of sp³-hybridized carbons (Fsp3) is 0.250. The Morgan fingerprint density at radius 3 is 2.79 bits per heavy atom. The van der Waals surface area contributed by atoms with Gasteiger partial charge in [-0.05, 0) is 48.2 Å². The van der Waals surface area contributed by atoms with Crippen molar-refractivity contribution in [3.63, 3.8) is 0 Å². The lowest BCUT2D eigenvalue weighted by atomic mass is 10.1. The SMILES string of the molecule is CN(c1ccccc1F)C1CCc2cc(O)ccc21. The predicted octanol–water partition coefficient (Wildman–Crippen LogP) is 3.66. The maximum Gasteiger partial charge on any atom is 0.146 e. The number of nitrogens with zero attached hydrogens (tertiary/aromatic N) is 1.